The third kappa shape index (κ3) is 2.57. The van der Waals surface area contributed by atoms with E-state index in [-0.39, 0.29) is 0 Å². The van der Waals surface area contributed by atoms with Gasteiger partial charge in [0.15, 0.2) is 0 Å². The van der Waals surface area contributed by atoms with E-state index in [9.17, 15) is 0 Å². The van der Waals surface area contributed by atoms with Crippen LogP contribution >= 0.6 is 0 Å². The number of nitrogens with zero attached hydrogens (tertiary/aromatic N) is 1. The van der Waals surface area contributed by atoms with Crippen LogP contribution < -0.4 is 16.0 Å². The Morgan fingerprint density at radius 1 is 1.20 bits per heavy atom. The number of rotatable bonds is 4. The zero-order chi connectivity index (χ0) is 13.9. The van der Waals surface area contributed by atoms with E-state index < -0.39 is 0 Å². The molecule has 3 heteroatoms. The van der Waals surface area contributed by atoms with Crippen LogP contribution in [0.1, 0.15) is 6.92 Å². The van der Waals surface area contributed by atoms with Crippen LogP contribution in [0.3, 0.4) is 0 Å². The molecule has 20 heavy (non-hydrogen) atoms. The molecule has 1 heterocycles. The van der Waals surface area contributed by atoms with Crippen molar-refractivity contribution in [3.05, 3.63) is 54.4 Å². The molecule has 0 saturated heterocycles. The van der Waals surface area contributed by atoms with Crippen molar-refractivity contribution in [2.24, 2.45) is 11.7 Å². The zero-order valence-electron chi connectivity index (χ0n) is 11.8. The Morgan fingerprint density at radius 2 is 2.00 bits per heavy atom. The van der Waals surface area contributed by atoms with Crippen LogP contribution in [-0.4, -0.2) is 19.6 Å². The van der Waals surface area contributed by atoms with E-state index in [0.29, 0.717) is 5.92 Å². The number of anilines is 1. The molecule has 2 aromatic rings. The molecule has 104 valence electrons. The summed E-state index contributed by atoms with van der Waals surface area (Å²) in [5.41, 5.74) is 7.07. The lowest BCUT2D eigenvalue weighted by Crippen LogP contribution is -2.30. The molecule has 1 aliphatic rings. The second-order valence-electron chi connectivity index (χ2n) is 5.33. The number of nitrogens with two attached hydrogens (primary N) is 1. The molecule has 0 unspecified atom stereocenters. The molecule has 3 rings (SSSR count). The van der Waals surface area contributed by atoms with Gasteiger partial charge in [0.25, 0.3) is 0 Å². The van der Waals surface area contributed by atoms with Gasteiger partial charge in [-0.1, -0.05) is 30.3 Å². The Labute approximate surface area is 120 Å². The zero-order valence-corrected chi connectivity index (χ0v) is 11.8. The molecule has 1 aliphatic heterocycles. The summed E-state index contributed by atoms with van der Waals surface area (Å²) in [6.07, 6.45) is 2.13. The molecule has 0 radical (unpaired) electrons. The van der Waals surface area contributed by atoms with Gasteiger partial charge in [0, 0.05) is 31.2 Å². The van der Waals surface area contributed by atoms with Crippen LogP contribution in [0.2, 0.25) is 0 Å². The summed E-state index contributed by atoms with van der Waals surface area (Å²) < 4.78 is 0. The molecule has 0 amide bonds. The Morgan fingerprint density at radius 3 is 2.70 bits per heavy atom. The van der Waals surface area contributed by atoms with Gasteiger partial charge >= 0.3 is 0 Å². The van der Waals surface area contributed by atoms with Crippen LogP contribution in [0.5, 0.6) is 0 Å². The molecule has 0 aliphatic carbocycles. The van der Waals surface area contributed by atoms with Crippen LogP contribution in [0, 0.1) is 5.92 Å². The summed E-state index contributed by atoms with van der Waals surface area (Å²) >= 11 is 0. The first-order valence-electron chi connectivity index (χ1n) is 7.21. The van der Waals surface area contributed by atoms with Crippen molar-refractivity contribution in [3.8, 4) is 0 Å². The van der Waals surface area contributed by atoms with Gasteiger partial charge in [-0.25, -0.2) is 0 Å². The van der Waals surface area contributed by atoms with Crippen molar-refractivity contribution < 1.29 is 0 Å². The summed E-state index contributed by atoms with van der Waals surface area (Å²) in [5.74, 6) is 1.30. The van der Waals surface area contributed by atoms with Gasteiger partial charge in [0.05, 0.1) is 5.82 Å². The molecule has 0 bridgehead atoms. The van der Waals surface area contributed by atoms with E-state index in [1.807, 2.05) is 0 Å². The Bertz CT molecular complexity index is 633. The standard InChI is InChI=1S/C17H21N3/c1-2-20(12-13-9-17(18)19-11-13)16-8-7-14-5-3-4-6-15(14)10-16/h3-10,13,19H,2,11-12,18H2,1H3/t13-/m0/s1. The molecular weight excluding hydrogens is 246 g/mol. The second kappa shape index (κ2) is 5.45. The van der Waals surface area contributed by atoms with E-state index in [2.05, 4.69) is 65.7 Å². The van der Waals surface area contributed by atoms with Gasteiger partial charge < -0.3 is 16.0 Å². The highest BCUT2D eigenvalue weighted by Gasteiger charge is 2.16. The van der Waals surface area contributed by atoms with Crippen LogP contribution in [-0.2, 0) is 0 Å². The smallest absolute Gasteiger partial charge is 0.0923 e. The first-order chi connectivity index (χ1) is 9.76. The molecule has 3 N–H and O–H groups in total. The van der Waals surface area contributed by atoms with E-state index in [1.165, 1.54) is 16.5 Å². The number of fused-ring (bicyclic) bond motifs is 1. The van der Waals surface area contributed by atoms with E-state index >= 15 is 0 Å². The minimum atomic E-state index is 0.487. The minimum Gasteiger partial charge on any atom is -0.386 e. The van der Waals surface area contributed by atoms with Crippen LogP contribution in [0.15, 0.2) is 54.4 Å². The Hall–Kier alpha value is -2.16. The van der Waals surface area contributed by atoms with Gasteiger partial charge in [0.2, 0.25) is 0 Å². The summed E-state index contributed by atoms with van der Waals surface area (Å²) in [6.45, 7) is 5.14. The van der Waals surface area contributed by atoms with E-state index in [4.69, 9.17) is 5.73 Å². The second-order valence-corrected chi connectivity index (χ2v) is 5.33. The van der Waals surface area contributed by atoms with Gasteiger partial charge in [0.1, 0.15) is 0 Å². The fourth-order valence-electron chi connectivity index (χ4n) is 2.81. The molecule has 3 nitrogen and oxygen atoms in total. The molecular formula is C17H21N3. The summed E-state index contributed by atoms with van der Waals surface area (Å²) in [6, 6.07) is 15.2. The average molecular weight is 267 g/mol. The molecule has 0 fully saturated rings. The van der Waals surface area contributed by atoms with E-state index in [1.54, 1.807) is 0 Å². The molecule has 0 spiro atoms. The lowest BCUT2D eigenvalue weighted by atomic mass is 10.1. The summed E-state index contributed by atoms with van der Waals surface area (Å²) in [5, 5.41) is 5.78. The summed E-state index contributed by atoms with van der Waals surface area (Å²) in [4.78, 5) is 2.41. The first-order valence-corrected chi connectivity index (χ1v) is 7.21. The van der Waals surface area contributed by atoms with Gasteiger partial charge in [-0.05, 0) is 35.9 Å². The van der Waals surface area contributed by atoms with Crippen molar-refractivity contribution in [1.29, 1.82) is 0 Å². The largest absolute Gasteiger partial charge is 0.386 e. The van der Waals surface area contributed by atoms with Crippen molar-refractivity contribution >= 4 is 16.5 Å². The topological polar surface area (TPSA) is 41.3 Å². The lowest BCUT2D eigenvalue weighted by Gasteiger charge is -2.26. The monoisotopic (exact) mass is 267 g/mol. The Kier molecular flexibility index (Phi) is 3.50. The van der Waals surface area contributed by atoms with Crippen molar-refractivity contribution in [2.45, 2.75) is 6.92 Å². The Balaban J connectivity index is 1.83. The fraction of sp³-hybridized carbons (Fsp3) is 0.294. The predicted molar refractivity (Wildman–Crippen MR) is 85.6 cm³/mol. The maximum atomic E-state index is 5.79. The fourth-order valence-corrected chi connectivity index (χ4v) is 2.81. The quantitative estimate of drug-likeness (QED) is 0.895. The van der Waals surface area contributed by atoms with Crippen molar-refractivity contribution in [2.75, 3.05) is 24.5 Å². The normalized spacial score (nSPS) is 17.9. The number of hydrogen-bond donors (Lipinski definition) is 2. The molecule has 1 atom stereocenters. The van der Waals surface area contributed by atoms with Crippen LogP contribution in [0.25, 0.3) is 10.8 Å². The number of benzene rings is 2. The average Bonchev–Trinajstić information content (AvgIpc) is 2.89. The number of hydrogen-bond acceptors (Lipinski definition) is 3. The molecule has 0 aromatic heterocycles. The first kappa shape index (κ1) is 12.9. The van der Waals surface area contributed by atoms with Crippen LogP contribution in [0.4, 0.5) is 5.69 Å². The van der Waals surface area contributed by atoms with Crippen molar-refractivity contribution in [3.63, 3.8) is 0 Å². The third-order valence-corrected chi connectivity index (χ3v) is 3.92. The summed E-state index contributed by atoms with van der Waals surface area (Å²) in [7, 11) is 0. The van der Waals surface area contributed by atoms with Gasteiger partial charge in [-0.2, -0.15) is 0 Å². The predicted octanol–water partition coefficient (Wildman–Crippen LogP) is 2.69. The molecule has 2 aromatic carbocycles. The number of nitrogens with one attached hydrogen (secondary N) is 1. The maximum Gasteiger partial charge on any atom is 0.0923 e. The highest BCUT2D eigenvalue weighted by Crippen LogP contribution is 2.23. The van der Waals surface area contributed by atoms with Gasteiger partial charge in [-0.15, -0.1) is 0 Å². The minimum absolute atomic E-state index is 0.487. The van der Waals surface area contributed by atoms with Crippen molar-refractivity contribution in [1.82, 2.24) is 5.32 Å². The SMILES string of the molecule is CCN(C[C@H]1C=C(N)NC1)c1ccc2ccccc2c1. The third-order valence-electron chi connectivity index (χ3n) is 3.92. The lowest BCUT2D eigenvalue weighted by molar-refractivity contribution is 0.624. The van der Waals surface area contributed by atoms with E-state index in [0.717, 1.165) is 25.5 Å². The van der Waals surface area contributed by atoms with Gasteiger partial charge in [-0.3, -0.25) is 0 Å². The molecule has 0 saturated carbocycles. The maximum absolute atomic E-state index is 5.79. The highest BCUT2D eigenvalue weighted by molar-refractivity contribution is 5.85. The highest BCUT2D eigenvalue weighted by atomic mass is 15.1.